The Bertz CT molecular complexity index is 1230. The van der Waals surface area contributed by atoms with Gasteiger partial charge in [0, 0.05) is 16.6 Å². The fourth-order valence-electron chi connectivity index (χ4n) is 3.06. The first-order valence-electron chi connectivity index (χ1n) is 8.46. The molecule has 134 valence electrons. The van der Waals surface area contributed by atoms with E-state index in [-0.39, 0.29) is 5.69 Å². The van der Waals surface area contributed by atoms with E-state index in [2.05, 4.69) is 20.3 Å². The molecule has 7 heteroatoms. The number of aryl methyl sites for hydroxylation is 2. The molecule has 0 aliphatic rings. The minimum absolute atomic E-state index is 0.115. The van der Waals surface area contributed by atoms with Crippen molar-refractivity contribution in [3.63, 3.8) is 0 Å². The number of hydrogen-bond donors (Lipinski definition) is 2. The number of carbonyl (C=O) groups excluding carboxylic acids is 1. The number of benzene rings is 2. The Kier molecular flexibility index (Phi) is 4.04. The van der Waals surface area contributed by atoms with Crippen LogP contribution in [-0.4, -0.2) is 20.7 Å². The second-order valence-corrected chi connectivity index (χ2v) is 6.24. The number of aromatic amines is 2. The molecule has 0 atom stereocenters. The standard InChI is InChI=1S/C20H17N5O2/c1-12-17(15-10-6-7-11-16(15)21-12)19(26)25-20(27)18(13(2)24-25)23-22-14-8-4-3-5-9-14/h3-11,21,24H,1-2H3. The number of fused-ring (bicyclic) bond motifs is 1. The summed E-state index contributed by atoms with van der Waals surface area (Å²) in [5.41, 5.74) is 2.70. The van der Waals surface area contributed by atoms with Crippen molar-refractivity contribution in [3.8, 4) is 0 Å². The first-order valence-corrected chi connectivity index (χ1v) is 8.46. The van der Waals surface area contributed by atoms with Crippen LogP contribution in [0.1, 0.15) is 21.7 Å². The van der Waals surface area contributed by atoms with E-state index in [1.807, 2.05) is 49.4 Å². The van der Waals surface area contributed by atoms with Crippen LogP contribution in [-0.2, 0) is 0 Å². The Balaban J connectivity index is 1.77. The highest BCUT2D eigenvalue weighted by atomic mass is 16.2. The van der Waals surface area contributed by atoms with E-state index in [9.17, 15) is 9.59 Å². The van der Waals surface area contributed by atoms with Crippen LogP contribution < -0.4 is 5.56 Å². The molecule has 7 nitrogen and oxygen atoms in total. The highest BCUT2D eigenvalue weighted by Gasteiger charge is 2.22. The van der Waals surface area contributed by atoms with Crippen LogP contribution >= 0.6 is 0 Å². The van der Waals surface area contributed by atoms with Crippen LogP contribution in [0.25, 0.3) is 10.9 Å². The Morgan fingerprint density at radius 2 is 1.63 bits per heavy atom. The molecule has 0 saturated heterocycles. The molecule has 2 heterocycles. The van der Waals surface area contributed by atoms with E-state index in [1.165, 1.54) is 0 Å². The largest absolute Gasteiger partial charge is 0.358 e. The molecule has 0 bridgehead atoms. The van der Waals surface area contributed by atoms with Gasteiger partial charge in [-0.15, -0.1) is 5.11 Å². The van der Waals surface area contributed by atoms with Crippen LogP contribution in [0.3, 0.4) is 0 Å². The van der Waals surface area contributed by atoms with Gasteiger partial charge in [0.2, 0.25) is 0 Å². The van der Waals surface area contributed by atoms with E-state index in [4.69, 9.17) is 0 Å². The average molecular weight is 359 g/mol. The summed E-state index contributed by atoms with van der Waals surface area (Å²) in [5, 5.41) is 11.7. The molecule has 0 spiro atoms. The van der Waals surface area contributed by atoms with Gasteiger partial charge in [0.1, 0.15) is 0 Å². The predicted molar refractivity (Wildman–Crippen MR) is 103 cm³/mol. The predicted octanol–water partition coefficient (Wildman–Crippen LogP) is 4.38. The van der Waals surface area contributed by atoms with Crippen molar-refractivity contribution >= 4 is 28.2 Å². The molecule has 0 radical (unpaired) electrons. The van der Waals surface area contributed by atoms with Gasteiger partial charge >= 0.3 is 5.56 Å². The number of aromatic nitrogens is 3. The Hall–Kier alpha value is -3.74. The van der Waals surface area contributed by atoms with Gasteiger partial charge in [0.15, 0.2) is 5.69 Å². The number of rotatable bonds is 3. The number of para-hydroxylation sites is 1. The maximum absolute atomic E-state index is 13.0. The molecule has 2 N–H and O–H groups in total. The van der Waals surface area contributed by atoms with Gasteiger partial charge in [-0.3, -0.25) is 14.7 Å². The lowest BCUT2D eigenvalue weighted by Gasteiger charge is -2.01. The fraction of sp³-hybridized carbons (Fsp3) is 0.100. The fourth-order valence-corrected chi connectivity index (χ4v) is 3.06. The van der Waals surface area contributed by atoms with Gasteiger partial charge < -0.3 is 4.98 Å². The van der Waals surface area contributed by atoms with E-state index < -0.39 is 11.5 Å². The number of H-pyrrole nitrogens is 2. The van der Waals surface area contributed by atoms with Gasteiger partial charge in [0.25, 0.3) is 5.91 Å². The molecule has 27 heavy (non-hydrogen) atoms. The smallest absolute Gasteiger partial charge is 0.302 e. The zero-order chi connectivity index (χ0) is 19.0. The quantitative estimate of drug-likeness (QED) is 0.531. The number of nitrogens with one attached hydrogen (secondary N) is 2. The molecule has 0 unspecified atom stereocenters. The minimum Gasteiger partial charge on any atom is -0.358 e. The molecule has 2 aromatic heterocycles. The molecule has 4 rings (SSSR count). The zero-order valence-electron chi connectivity index (χ0n) is 14.9. The minimum atomic E-state index is -0.526. The Morgan fingerprint density at radius 3 is 2.41 bits per heavy atom. The highest BCUT2D eigenvalue weighted by Crippen LogP contribution is 2.23. The zero-order valence-corrected chi connectivity index (χ0v) is 14.9. The summed E-state index contributed by atoms with van der Waals surface area (Å²) < 4.78 is 0.983. The van der Waals surface area contributed by atoms with Crippen molar-refractivity contribution < 1.29 is 4.79 Å². The molecule has 2 aromatic carbocycles. The molecule has 0 aliphatic heterocycles. The number of carbonyl (C=O) groups is 1. The molecule has 0 aliphatic carbocycles. The molecule has 4 aromatic rings. The SMILES string of the molecule is Cc1[nH]n(C(=O)c2c(C)[nH]c3ccccc23)c(=O)c1N=Nc1ccccc1. The average Bonchev–Trinajstić information content (AvgIpc) is 3.16. The lowest BCUT2D eigenvalue weighted by molar-refractivity contribution is 0.0942. The maximum atomic E-state index is 13.0. The van der Waals surface area contributed by atoms with Crippen molar-refractivity contribution in [2.45, 2.75) is 13.8 Å². The monoisotopic (exact) mass is 359 g/mol. The summed E-state index contributed by atoms with van der Waals surface area (Å²) in [5.74, 6) is -0.431. The summed E-state index contributed by atoms with van der Waals surface area (Å²) >= 11 is 0. The van der Waals surface area contributed by atoms with Crippen molar-refractivity contribution in [3.05, 3.63) is 81.9 Å². The maximum Gasteiger partial charge on any atom is 0.302 e. The number of azo groups is 1. The van der Waals surface area contributed by atoms with E-state index >= 15 is 0 Å². The second kappa shape index (κ2) is 6.53. The van der Waals surface area contributed by atoms with E-state index in [0.717, 1.165) is 15.6 Å². The van der Waals surface area contributed by atoms with Crippen LogP contribution in [0.2, 0.25) is 0 Å². The number of hydrogen-bond acceptors (Lipinski definition) is 4. The van der Waals surface area contributed by atoms with Crippen molar-refractivity contribution in [1.29, 1.82) is 0 Å². The molecular formula is C20H17N5O2. The molecular weight excluding hydrogens is 342 g/mol. The number of nitrogens with zero attached hydrogens (tertiary/aromatic N) is 3. The second-order valence-electron chi connectivity index (χ2n) is 6.24. The lowest BCUT2D eigenvalue weighted by Crippen LogP contribution is -2.25. The van der Waals surface area contributed by atoms with Crippen molar-refractivity contribution in [2.75, 3.05) is 0 Å². The van der Waals surface area contributed by atoms with Gasteiger partial charge in [-0.25, -0.2) is 0 Å². The molecule has 0 saturated carbocycles. The van der Waals surface area contributed by atoms with Crippen LogP contribution in [0.4, 0.5) is 11.4 Å². The van der Waals surface area contributed by atoms with Gasteiger partial charge in [-0.2, -0.15) is 9.80 Å². The first-order chi connectivity index (χ1) is 13.1. The van der Waals surface area contributed by atoms with Crippen molar-refractivity contribution in [1.82, 2.24) is 14.8 Å². The summed E-state index contributed by atoms with van der Waals surface area (Å²) in [6.07, 6.45) is 0. The Morgan fingerprint density at radius 1 is 0.926 bits per heavy atom. The summed E-state index contributed by atoms with van der Waals surface area (Å²) in [4.78, 5) is 29.0. The third-order valence-corrected chi connectivity index (χ3v) is 4.37. The molecule has 0 amide bonds. The summed E-state index contributed by atoms with van der Waals surface area (Å²) in [7, 11) is 0. The van der Waals surface area contributed by atoms with Gasteiger partial charge in [-0.05, 0) is 32.0 Å². The first kappa shape index (κ1) is 16.7. The van der Waals surface area contributed by atoms with Gasteiger partial charge in [0.05, 0.1) is 16.9 Å². The summed E-state index contributed by atoms with van der Waals surface area (Å²) in [6, 6.07) is 16.6. The van der Waals surface area contributed by atoms with Crippen LogP contribution in [0.5, 0.6) is 0 Å². The lowest BCUT2D eigenvalue weighted by atomic mass is 10.1. The summed E-state index contributed by atoms with van der Waals surface area (Å²) in [6.45, 7) is 3.50. The van der Waals surface area contributed by atoms with Crippen LogP contribution in [0, 0.1) is 13.8 Å². The van der Waals surface area contributed by atoms with Gasteiger partial charge in [-0.1, -0.05) is 36.4 Å². The molecule has 0 fully saturated rings. The third kappa shape index (κ3) is 2.89. The van der Waals surface area contributed by atoms with E-state index in [0.29, 0.717) is 22.6 Å². The third-order valence-electron chi connectivity index (χ3n) is 4.37. The van der Waals surface area contributed by atoms with E-state index in [1.54, 1.807) is 19.1 Å². The topological polar surface area (TPSA) is 95.4 Å². The normalized spacial score (nSPS) is 11.5. The van der Waals surface area contributed by atoms with Crippen molar-refractivity contribution in [2.24, 2.45) is 10.2 Å². The highest BCUT2D eigenvalue weighted by molar-refractivity contribution is 6.08. The van der Waals surface area contributed by atoms with Crippen LogP contribution in [0.15, 0.2) is 69.6 Å². The Labute approximate surface area is 154 Å².